The molecule has 31 heavy (non-hydrogen) atoms. The molecule has 8 atom stereocenters. The molecule has 2 fully saturated rings. The summed E-state index contributed by atoms with van der Waals surface area (Å²) in [6.07, 6.45) is -9.40. The first-order chi connectivity index (χ1) is 14.3. The molecule has 0 radical (unpaired) electrons. The van der Waals surface area contributed by atoms with Gasteiger partial charge < -0.3 is 50.5 Å². The average Bonchev–Trinajstić information content (AvgIpc) is 3.07. The minimum atomic E-state index is -5.41. The molecular formula is C15H24N3O12P. The van der Waals surface area contributed by atoms with Gasteiger partial charge in [0.15, 0.2) is 5.60 Å². The maximum Gasteiger partial charge on any atom is 0.470 e. The second kappa shape index (κ2) is 8.13. The van der Waals surface area contributed by atoms with Gasteiger partial charge in [-0.2, -0.15) is 4.98 Å². The van der Waals surface area contributed by atoms with Gasteiger partial charge in [-0.25, -0.2) is 9.36 Å². The van der Waals surface area contributed by atoms with Crippen LogP contribution >= 0.6 is 7.82 Å². The van der Waals surface area contributed by atoms with Crippen LogP contribution in [0.3, 0.4) is 0 Å². The summed E-state index contributed by atoms with van der Waals surface area (Å²) in [5, 5.41) is 50.8. The summed E-state index contributed by atoms with van der Waals surface area (Å²) in [4.78, 5) is 35.3. The Morgan fingerprint density at radius 3 is 2.32 bits per heavy atom. The summed E-state index contributed by atoms with van der Waals surface area (Å²) < 4.78 is 28.5. The van der Waals surface area contributed by atoms with E-state index < -0.39 is 74.7 Å². The Labute approximate surface area is 174 Å². The largest absolute Gasteiger partial charge is 0.470 e. The summed E-state index contributed by atoms with van der Waals surface area (Å²) >= 11 is 0. The van der Waals surface area contributed by atoms with Crippen LogP contribution in [-0.4, -0.2) is 100 Å². The topological polar surface area (TPSA) is 247 Å². The summed E-state index contributed by atoms with van der Waals surface area (Å²) in [5.74, 6) is -0.229. The number of hydrogen-bond acceptors (Lipinski definition) is 12. The molecule has 2 aliphatic heterocycles. The second-order valence-electron chi connectivity index (χ2n) is 7.43. The van der Waals surface area contributed by atoms with Crippen LogP contribution < -0.4 is 11.4 Å². The molecule has 15 nitrogen and oxygen atoms in total. The van der Waals surface area contributed by atoms with Crippen molar-refractivity contribution in [2.45, 2.75) is 54.9 Å². The van der Waals surface area contributed by atoms with Gasteiger partial charge in [0.1, 0.15) is 42.4 Å². The third-order valence-electron chi connectivity index (χ3n) is 5.56. The van der Waals surface area contributed by atoms with E-state index in [-0.39, 0.29) is 5.82 Å². The molecule has 2 saturated heterocycles. The lowest BCUT2D eigenvalue weighted by Crippen LogP contribution is -2.67. The van der Waals surface area contributed by atoms with Crippen molar-refractivity contribution in [3.63, 3.8) is 0 Å². The van der Waals surface area contributed by atoms with Crippen molar-refractivity contribution >= 4 is 13.6 Å². The monoisotopic (exact) mass is 469 g/mol. The van der Waals surface area contributed by atoms with Gasteiger partial charge in [-0.1, -0.05) is 0 Å². The quantitative estimate of drug-likeness (QED) is 0.183. The van der Waals surface area contributed by atoms with E-state index in [1.165, 1.54) is 0 Å². The lowest BCUT2D eigenvalue weighted by atomic mass is 9.81. The molecule has 9 N–H and O–H groups in total. The smallest absolute Gasteiger partial charge is 0.394 e. The number of aromatic nitrogens is 2. The number of anilines is 1. The van der Waals surface area contributed by atoms with Gasteiger partial charge in [-0.3, -0.25) is 9.09 Å². The van der Waals surface area contributed by atoms with Crippen LogP contribution in [-0.2, 0) is 24.3 Å². The number of rotatable bonds is 6. The Hall–Kier alpha value is -1.49. The predicted molar refractivity (Wildman–Crippen MR) is 98.1 cm³/mol. The van der Waals surface area contributed by atoms with Crippen molar-refractivity contribution in [2.75, 3.05) is 18.9 Å². The fourth-order valence-corrected chi connectivity index (χ4v) is 4.89. The van der Waals surface area contributed by atoms with Gasteiger partial charge in [0.25, 0.3) is 0 Å². The molecule has 0 saturated carbocycles. The van der Waals surface area contributed by atoms with E-state index >= 15 is 0 Å². The highest BCUT2D eigenvalue weighted by molar-refractivity contribution is 7.46. The highest BCUT2D eigenvalue weighted by Gasteiger charge is 2.74. The average molecular weight is 469 g/mol. The Kier molecular flexibility index (Phi) is 6.34. The Bertz CT molecular complexity index is 925. The maximum absolute atomic E-state index is 12.7. The third-order valence-corrected chi connectivity index (χ3v) is 6.18. The van der Waals surface area contributed by atoms with Crippen molar-refractivity contribution in [3.05, 3.63) is 22.7 Å². The molecule has 1 unspecified atom stereocenters. The third kappa shape index (κ3) is 3.71. The van der Waals surface area contributed by atoms with Crippen LogP contribution in [0, 0.1) is 0 Å². The number of hydrogen-bond donors (Lipinski definition) is 8. The number of aliphatic hydroxyl groups is 5. The molecule has 3 rings (SSSR count). The van der Waals surface area contributed by atoms with Crippen LogP contribution in [0.4, 0.5) is 5.82 Å². The molecule has 0 bridgehead atoms. The van der Waals surface area contributed by atoms with Crippen molar-refractivity contribution < 1.29 is 53.9 Å². The van der Waals surface area contributed by atoms with E-state index in [1.54, 1.807) is 0 Å². The van der Waals surface area contributed by atoms with Gasteiger partial charge in [0.05, 0.1) is 13.2 Å². The first-order valence-electron chi connectivity index (χ1n) is 9.03. The number of nitrogens with two attached hydrogens (primary N) is 1. The van der Waals surface area contributed by atoms with Crippen LogP contribution in [0.2, 0.25) is 0 Å². The molecule has 2 aliphatic rings. The molecule has 3 heterocycles. The zero-order valence-corrected chi connectivity index (χ0v) is 17.0. The van der Waals surface area contributed by atoms with Crippen molar-refractivity contribution in [2.24, 2.45) is 0 Å². The van der Waals surface area contributed by atoms with E-state index in [0.717, 1.165) is 19.2 Å². The molecule has 176 valence electrons. The van der Waals surface area contributed by atoms with Crippen LogP contribution in [0.25, 0.3) is 0 Å². The number of phosphoric acid groups is 1. The Morgan fingerprint density at radius 1 is 1.23 bits per heavy atom. The van der Waals surface area contributed by atoms with Crippen molar-refractivity contribution in [1.82, 2.24) is 9.55 Å². The van der Waals surface area contributed by atoms with Crippen molar-refractivity contribution in [3.8, 4) is 0 Å². The normalized spacial score (nSPS) is 41.0. The first kappa shape index (κ1) is 24.2. The van der Waals surface area contributed by atoms with Gasteiger partial charge in [0.2, 0.25) is 5.72 Å². The molecule has 0 amide bonds. The summed E-state index contributed by atoms with van der Waals surface area (Å²) in [6, 6.07) is 1.12. The molecule has 1 aromatic rings. The lowest BCUT2D eigenvalue weighted by Gasteiger charge is -2.46. The van der Waals surface area contributed by atoms with Gasteiger partial charge >= 0.3 is 13.5 Å². The fraction of sp³-hybridized carbons (Fsp3) is 0.733. The summed E-state index contributed by atoms with van der Waals surface area (Å²) in [7, 11) is -5.41. The predicted octanol–water partition coefficient (Wildman–Crippen LogP) is -4.42. The first-order valence-corrected chi connectivity index (χ1v) is 10.6. The zero-order chi connectivity index (χ0) is 23.4. The van der Waals surface area contributed by atoms with E-state index in [4.69, 9.17) is 19.7 Å². The van der Waals surface area contributed by atoms with Gasteiger partial charge in [-0.05, 0) is 13.0 Å². The highest BCUT2D eigenvalue weighted by atomic mass is 31.2. The second-order valence-corrected chi connectivity index (χ2v) is 8.60. The summed E-state index contributed by atoms with van der Waals surface area (Å²) in [6.45, 7) is -0.708. The molecule has 16 heteroatoms. The van der Waals surface area contributed by atoms with Crippen LogP contribution in [0.1, 0.15) is 6.92 Å². The minimum Gasteiger partial charge on any atom is -0.394 e. The van der Waals surface area contributed by atoms with Gasteiger partial charge in [0, 0.05) is 6.20 Å². The van der Waals surface area contributed by atoms with Crippen molar-refractivity contribution in [1.29, 1.82) is 0 Å². The number of phosphoric ester groups is 1. The number of ether oxygens (including phenoxy) is 2. The molecular weight excluding hydrogens is 445 g/mol. The van der Waals surface area contributed by atoms with Gasteiger partial charge in [-0.15, -0.1) is 0 Å². The van der Waals surface area contributed by atoms with E-state index in [1.807, 2.05) is 0 Å². The molecule has 1 aromatic heterocycles. The van der Waals surface area contributed by atoms with E-state index in [9.17, 15) is 44.7 Å². The Morgan fingerprint density at radius 2 is 1.84 bits per heavy atom. The standard InChI is InChI=1S/C15H24N3O12P/c1-14(30-31(25,26)27)11(23)7(5-20)29-15(14,18-3-2-8(16)17-13(18)24)12-10(22)9(21)6(4-19)28-12/h2-3,6-7,9-12,19-23H,4-5H2,1H3,(H2,16,17,24)(H2,25,26,27)/t6-,7-,9+,10-,11-,12?,14-,15-/m1/s1. The lowest BCUT2D eigenvalue weighted by molar-refractivity contribution is -0.258. The Balaban J connectivity index is 2.34. The van der Waals surface area contributed by atoms with E-state index in [0.29, 0.717) is 4.57 Å². The van der Waals surface area contributed by atoms with Crippen LogP contribution in [0.15, 0.2) is 17.1 Å². The fourth-order valence-electron chi connectivity index (χ4n) is 4.16. The zero-order valence-electron chi connectivity index (χ0n) is 16.1. The molecule has 0 aromatic carbocycles. The number of nitrogen functional groups attached to an aromatic ring is 1. The summed E-state index contributed by atoms with van der Waals surface area (Å²) in [5.41, 5.74) is -0.800. The number of nitrogens with zero attached hydrogens (tertiary/aromatic N) is 2. The van der Waals surface area contributed by atoms with Crippen LogP contribution in [0.5, 0.6) is 0 Å². The maximum atomic E-state index is 12.7. The van der Waals surface area contributed by atoms with E-state index in [2.05, 4.69) is 4.98 Å². The number of aliphatic hydroxyl groups excluding tert-OH is 5. The highest BCUT2D eigenvalue weighted by Crippen LogP contribution is 2.57. The minimum absolute atomic E-state index is 0.229. The SMILES string of the molecule is C[C@@]1(OP(=O)(O)O)[C@H](O)[C@@H](CO)O[C@@]1(C1O[C@H](CO)[C@H](O)[C@H]1O)n1ccc(N)nc1=O. The molecule has 0 aliphatic carbocycles. The molecule has 0 spiro atoms.